The largest absolute Gasteiger partial charge is 0.481 e. The second-order valence-electron chi connectivity index (χ2n) is 3.29. The molecule has 0 saturated heterocycles. The second-order valence-corrected chi connectivity index (χ2v) is 6.12. The molecule has 124 valence electrons. The van der Waals surface area contributed by atoms with Gasteiger partial charge in [-0.15, -0.1) is 0 Å². The summed E-state index contributed by atoms with van der Waals surface area (Å²) in [5, 5.41) is 16.2. The first-order valence-electron chi connectivity index (χ1n) is 5.72. The maximum Gasteiger partial charge on any atom is 0.481 e. The Bertz CT molecular complexity index is 300. The van der Waals surface area contributed by atoms with Gasteiger partial charge in [-0.2, -0.15) is 4.31 Å². The second kappa shape index (κ2) is 12.8. The third kappa shape index (κ3) is 20.5. The molecule has 0 spiro atoms. The average molecular weight is 340 g/mol. The van der Waals surface area contributed by atoms with E-state index in [9.17, 15) is 9.13 Å². The van der Waals surface area contributed by atoms with Gasteiger partial charge in [-0.05, 0) is 6.42 Å². The van der Waals surface area contributed by atoms with Gasteiger partial charge in [-0.25, -0.2) is 9.13 Å². The third-order valence-electron chi connectivity index (χ3n) is 1.43. The molecule has 0 heterocycles. The van der Waals surface area contributed by atoms with Crippen LogP contribution < -0.4 is 0 Å². The molecule has 0 aromatic heterocycles. The van der Waals surface area contributed by atoms with Gasteiger partial charge in [0.15, 0.2) is 0 Å². The molecule has 0 saturated carbocycles. The molecule has 0 fully saturated rings. The average Bonchev–Trinajstić information content (AvgIpc) is 2.27. The van der Waals surface area contributed by atoms with Gasteiger partial charge in [-0.1, -0.05) is 13.3 Å². The normalized spacial score (nSPS) is 14.3. The Morgan fingerprint density at radius 3 is 1.80 bits per heavy atom. The Morgan fingerprint density at radius 2 is 1.45 bits per heavy atom. The van der Waals surface area contributed by atoms with Crippen molar-refractivity contribution in [3.05, 3.63) is 0 Å². The number of ether oxygens (including phenoxy) is 1. The molecule has 0 amide bonds. The van der Waals surface area contributed by atoms with Gasteiger partial charge in [0.25, 0.3) is 0 Å². The quantitative estimate of drug-likeness (QED) is 0.270. The van der Waals surface area contributed by atoms with Crippen molar-refractivity contribution in [2.75, 3.05) is 33.0 Å². The van der Waals surface area contributed by atoms with E-state index >= 15 is 0 Å². The van der Waals surface area contributed by atoms with Gasteiger partial charge in [0, 0.05) is 0 Å². The van der Waals surface area contributed by atoms with Gasteiger partial charge >= 0.3 is 15.6 Å². The van der Waals surface area contributed by atoms with Crippen molar-refractivity contribution >= 4 is 15.6 Å². The molecule has 0 bridgehead atoms. The molecule has 0 rings (SSSR count). The summed E-state index contributed by atoms with van der Waals surface area (Å²) in [7, 11) is -9.58. The van der Waals surface area contributed by atoms with Crippen LogP contribution in [-0.2, 0) is 22.7 Å². The topological polar surface area (TPSA) is 163 Å². The predicted molar refractivity (Wildman–Crippen MR) is 68.8 cm³/mol. The Kier molecular flexibility index (Phi) is 14.4. The first kappa shape index (κ1) is 22.4. The van der Waals surface area contributed by atoms with Crippen LogP contribution in [0.25, 0.3) is 0 Å². The number of phosphoric acid groups is 2. The van der Waals surface area contributed by atoms with Crippen LogP contribution in [0.4, 0.5) is 0 Å². The van der Waals surface area contributed by atoms with Crippen LogP contribution >= 0.6 is 15.6 Å². The molecule has 0 aliphatic rings. The fraction of sp³-hybridized carbons (Fsp3) is 1.00. The van der Waals surface area contributed by atoms with Gasteiger partial charge in [0.05, 0.1) is 33.0 Å². The fourth-order valence-corrected chi connectivity index (χ4v) is 2.34. The highest BCUT2D eigenvalue weighted by atomic mass is 31.3. The Balaban J connectivity index is 0. The molecule has 20 heavy (non-hydrogen) atoms. The van der Waals surface area contributed by atoms with Crippen LogP contribution in [0.3, 0.4) is 0 Å². The molecule has 1 atom stereocenters. The molecule has 5 N–H and O–H groups in total. The molecular formula is C8H22O10P2. The summed E-state index contributed by atoms with van der Waals surface area (Å²) in [6, 6.07) is 0. The van der Waals surface area contributed by atoms with Crippen LogP contribution in [0, 0.1) is 0 Å². The lowest BCUT2D eigenvalue weighted by Gasteiger charge is -2.11. The van der Waals surface area contributed by atoms with Crippen LogP contribution in [0.2, 0.25) is 0 Å². The third-order valence-corrected chi connectivity index (χ3v) is 3.62. The van der Waals surface area contributed by atoms with E-state index in [1.165, 1.54) is 0 Å². The van der Waals surface area contributed by atoms with Gasteiger partial charge in [0.2, 0.25) is 0 Å². The Morgan fingerprint density at radius 1 is 0.950 bits per heavy atom. The van der Waals surface area contributed by atoms with Crippen LogP contribution in [0.15, 0.2) is 0 Å². The summed E-state index contributed by atoms with van der Waals surface area (Å²) in [5.41, 5.74) is 0. The lowest BCUT2D eigenvalue weighted by molar-refractivity contribution is 0.0650. The van der Waals surface area contributed by atoms with Crippen molar-refractivity contribution in [2.24, 2.45) is 0 Å². The number of aliphatic hydroxyl groups excluding tert-OH is 2. The first-order chi connectivity index (χ1) is 9.18. The smallest absolute Gasteiger partial charge is 0.394 e. The van der Waals surface area contributed by atoms with Gasteiger partial charge in [-0.3, -0.25) is 4.52 Å². The van der Waals surface area contributed by atoms with E-state index < -0.39 is 15.6 Å². The summed E-state index contributed by atoms with van der Waals surface area (Å²) in [5.74, 6) is 0. The van der Waals surface area contributed by atoms with Crippen molar-refractivity contribution in [1.82, 2.24) is 0 Å². The van der Waals surface area contributed by atoms with Crippen molar-refractivity contribution in [3.63, 3.8) is 0 Å². The minimum absolute atomic E-state index is 0.0278. The molecule has 0 radical (unpaired) electrons. The highest BCUT2D eigenvalue weighted by Gasteiger charge is 2.31. The minimum Gasteiger partial charge on any atom is -0.394 e. The van der Waals surface area contributed by atoms with E-state index in [0.717, 1.165) is 6.42 Å². The zero-order valence-electron chi connectivity index (χ0n) is 11.1. The monoisotopic (exact) mass is 340 g/mol. The van der Waals surface area contributed by atoms with Crippen molar-refractivity contribution in [3.8, 4) is 0 Å². The van der Waals surface area contributed by atoms with E-state index in [2.05, 4.69) is 13.6 Å². The molecule has 1 unspecified atom stereocenters. The molecule has 12 heteroatoms. The lowest BCUT2D eigenvalue weighted by Crippen LogP contribution is -2.03. The maximum atomic E-state index is 10.7. The fourth-order valence-electron chi connectivity index (χ4n) is 0.713. The SMILES string of the molecule is CCCCOP(=O)(O)OP(=O)(O)O.OCCOCCO. The van der Waals surface area contributed by atoms with Crippen LogP contribution in [0.1, 0.15) is 19.8 Å². The summed E-state index contributed by atoms with van der Waals surface area (Å²) < 4.78 is 33.3. The predicted octanol–water partition coefficient (Wildman–Crippen LogP) is 0.000400. The maximum absolute atomic E-state index is 10.7. The summed E-state index contributed by atoms with van der Waals surface area (Å²) in [4.78, 5) is 25.1. The number of hydrogen-bond donors (Lipinski definition) is 5. The molecule has 10 nitrogen and oxygen atoms in total. The van der Waals surface area contributed by atoms with Crippen LogP contribution in [-0.4, -0.2) is 57.9 Å². The highest BCUT2D eigenvalue weighted by Crippen LogP contribution is 2.57. The highest BCUT2D eigenvalue weighted by molar-refractivity contribution is 7.60. The lowest BCUT2D eigenvalue weighted by atomic mass is 10.4. The van der Waals surface area contributed by atoms with Crippen molar-refractivity contribution < 1.29 is 47.6 Å². The molecule has 0 aromatic rings. The number of unbranched alkanes of at least 4 members (excludes halogenated alkanes) is 1. The van der Waals surface area contributed by atoms with E-state index in [0.29, 0.717) is 19.6 Å². The summed E-state index contributed by atoms with van der Waals surface area (Å²) >= 11 is 0. The molecule has 0 aliphatic heterocycles. The Hall–Kier alpha value is 0.140. The first-order valence-corrected chi connectivity index (χ1v) is 8.74. The van der Waals surface area contributed by atoms with Gasteiger partial charge < -0.3 is 29.6 Å². The number of rotatable bonds is 10. The zero-order valence-corrected chi connectivity index (χ0v) is 12.9. The summed E-state index contributed by atoms with van der Waals surface area (Å²) in [6.07, 6.45) is 1.24. The molecule has 0 aromatic carbocycles. The summed E-state index contributed by atoms with van der Waals surface area (Å²) in [6.45, 7) is 2.45. The van der Waals surface area contributed by atoms with E-state index in [4.69, 9.17) is 24.9 Å². The van der Waals surface area contributed by atoms with E-state index in [1.807, 2.05) is 6.92 Å². The van der Waals surface area contributed by atoms with Crippen molar-refractivity contribution in [2.45, 2.75) is 19.8 Å². The number of aliphatic hydroxyl groups is 2. The molecular weight excluding hydrogens is 318 g/mol. The standard InChI is InChI=1S/C4H12O7P2.C4H10O3/c1-2-3-4-10-13(8,9)11-12(5,6)7;5-1-3-7-4-2-6/h2-4H2,1H3,(H,8,9)(H2,5,6,7);5-6H,1-4H2. The number of hydrogen-bond acceptors (Lipinski definition) is 7. The van der Waals surface area contributed by atoms with Crippen LogP contribution in [0.5, 0.6) is 0 Å². The van der Waals surface area contributed by atoms with E-state index in [1.54, 1.807) is 0 Å². The Labute approximate surface area is 117 Å². The number of phosphoric ester groups is 1. The zero-order chi connectivity index (χ0) is 16.1. The molecule has 0 aliphatic carbocycles. The van der Waals surface area contributed by atoms with Crippen molar-refractivity contribution in [1.29, 1.82) is 0 Å². The van der Waals surface area contributed by atoms with E-state index in [-0.39, 0.29) is 19.8 Å². The minimum atomic E-state index is -4.97. The van der Waals surface area contributed by atoms with Gasteiger partial charge in [0.1, 0.15) is 0 Å².